The van der Waals surface area contributed by atoms with Gasteiger partial charge in [-0.15, -0.1) is 6.58 Å². The normalized spacial score (nSPS) is 25.9. The molecular formula is C16H16F2O. The number of ether oxygens (including phenoxy) is 1. The predicted octanol–water partition coefficient (Wildman–Crippen LogP) is 4.41. The molecule has 1 aromatic rings. The van der Waals surface area contributed by atoms with E-state index in [0.29, 0.717) is 23.7 Å². The van der Waals surface area contributed by atoms with E-state index in [1.165, 1.54) is 0 Å². The van der Waals surface area contributed by atoms with Crippen LogP contribution >= 0.6 is 0 Å². The van der Waals surface area contributed by atoms with Gasteiger partial charge in [0.15, 0.2) is 11.6 Å². The summed E-state index contributed by atoms with van der Waals surface area (Å²) in [5, 5.41) is 0. The van der Waals surface area contributed by atoms with Gasteiger partial charge in [0.1, 0.15) is 6.10 Å². The smallest absolute Gasteiger partial charge is 0.166 e. The first kappa shape index (κ1) is 12.5. The van der Waals surface area contributed by atoms with Gasteiger partial charge in [-0.2, -0.15) is 0 Å². The molecule has 1 nitrogen and oxygen atoms in total. The minimum atomic E-state index is -0.758. The van der Waals surface area contributed by atoms with Gasteiger partial charge in [0.05, 0.1) is 6.61 Å². The molecule has 1 fully saturated rings. The summed E-state index contributed by atoms with van der Waals surface area (Å²) in [5.41, 5.74) is 1.63. The van der Waals surface area contributed by atoms with Crippen LogP contribution in [0.3, 0.4) is 0 Å². The number of rotatable bonds is 3. The summed E-state index contributed by atoms with van der Waals surface area (Å²) in [4.78, 5) is 0. The third-order valence-electron chi connectivity index (χ3n) is 3.92. The highest BCUT2D eigenvalue weighted by molar-refractivity contribution is 5.67. The highest BCUT2D eigenvalue weighted by atomic mass is 19.2. The van der Waals surface area contributed by atoms with Crippen LogP contribution in [-0.2, 0) is 4.74 Å². The first-order valence-corrected chi connectivity index (χ1v) is 6.62. The fraction of sp³-hybridized carbons (Fsp3) is 0.375. The van der Waals surface area contributed by atoms with Crippen molar-refractivity contribution in [1.29, 1.82) is 0 Å². The number of allylic oxidation sites excluding steroid dienone is 3. The van der Waals surface area contributed by atoms with Gasteiger partial charge < -0.3 is 4.74 Å². The maximum Gasteiger partial charge on any atom is 0.166 e. The van der Waals surface area contributed by atoms with Crippen molar-refractivity contribution in [2.24, 2.45) is 5.92 Å². The van der Waals surface area contributed by atoms with Crippen molar-refractivity contribution in [2.45, 2.75) is 25.4 Å². The summed E-state index contributed by atoms with van der Waals surface area (Å²) in [6.07, 6.45) is 6.25. The number of halogens is 2. The third kappa shape index (κ3) is 2.35. The molecule has 1 aliphatic carbocycles. The summed E-state index contributed by atoms with van der Waals surface area (Å²) in [6, 6.07) is 3.32. The lowest BCUT2D eigenvalue weighted by atomic mass is 9.86. The van der Waals surface area contributed by atoms with E-state index in [1.54, 1.807) is 12.1 Å². The Balaban J connectivity index is 1.91. The third-order valence-corrected chi connectivity index (χ3v) is 3.92. The fourth-order valence-electron chi connectivity index (χ4n) is 2.60. The van der Waals surface area contributed by atoms with Crippen LogP contribution in [0.5, 0.6) is 0 Å². The number of benzene rings is 1. The van der Waals surface area contributed by atoms with Crippen molar-refractivity contribution in [1.82, 2.24) is 0 Å². The molecule has 0 aromatic heterocycles. The average Bonchev–Trinajstić information content (AvgIpc) is 3.26. The maximum absolute atomic E-state index is 14.1. The Hall–Kier alpha value is -1.48. The van der Waals surface area contributed by atoms with E-state index in [4.69, 9.17) is 4.74 Å². The highest BCUT2D eigenvalue weighted by Crippen LogP contribution is 2.37. The molecule has 0 radical (unpaired) electrons. The highest BCUT2D eigenvalue weighted by Gasteiger charge is 2.30. The molecule has 1 aliphatic heterocycles. The quantitative estimate of drug-likeness (QED) is 0.581. The summed E-state index contributed by atoms with van der Waals surface area (Å²) in [5.74, 6) is -1.04. The average molecular weight is 262 g/mol. The zero-order chi connectivity index (χ0) is 13.4. The van der Waals surface area contributed by atoms with Crippen LogP contribution in [0.15, 0.2) is 30.9 Å². The molecule has 100 valence electrons. The number of hydrogen-bond acceptors (Lipinski definition) is 1. The molecule has 3 heteroatoms. The van der Waals surface area contributed by atoms with Gasteiger partial charge in [0, 0.05) is 11.1 Å². The van der Waals surface area contributed by atoms with Gasteiger partial charge in [-0.25, -0.2) is 8.78 Å². The van der Waals surface area contributed by atoms with Gasteiger partial charge in [0.25, 0.3) is 0 Å². The van der Waals surface area contributed by atoms with E-state index >= 15 is 0 Å². The van der Waals surface area contributed by atoms with Crippen LogP contribution in [0, 0.1) is 17.6 Å². The van der Waals surface area contributed by atoms with Crippen LogP contribution in [0.1, 0.15) is 36.5 Å². The van der Waals surface area contributed by atoms with Crippen LogP contribution in [0.4, 0.5) is 8.78 Å². The molecule has 1 saturated heterocycles. The SMILES string of the molecule is C=CC1CC=C(c2ccc(C3CO3)c(F)c2F)CC1. The standard InChI is InChI=1S/C16H16F2O/c1-2-10-3-5-11(6-4-10)12-7-8-13(14-9-19-14)16(18)15(12)17/h2,5,7-8,10,14H,1,3-4,6,9H2. The topological polar surface area (TPSA) is 12.5 Å². The van der Waals surface area contributed by atoms with Crippen LogP contribution in [0.2, 0.25) is 0 Å². The van der Waals surface area contributed by atoms with E-state index in [0.717, 1.165) is 24.8 Å². The van der Waals surface area contributed by atoms with Gasteiger partial charge >= 0.3 is 0 Å². The molecule has 0 bridgehead atoms. The fourth-order valence-corrected chi connectivity index (χ4v) is 2.60. The lowest BCUT2D eigenvalue weighted by Crippen LogP contribution is -2.05. The van der Waals surface area contributed by atoms with E-state index < -0.39 is 11.6 Å². The van der Waals surface area contributed by atoms with Gasteiger partial charge in [0.2, 0.25) is 0 Å². The second-order valence-electron chi connectivity index (χ2n) is 5.15. The molecule has 1 heterocycles. The number of epoxide rings is 1. The van der Waals surface area contributed by atoms with E-state index in [2.05, 4.69) is 6.58 Å². The summed E-state index contributed by atoms with van der Waals surface area (Å²) < 4.78 is 33.1. The van der Waals surface area contributed by atoms with Crippen LogP contribution in [0.25, 0.3) is 5.57 Å². The summed E-state index contributed by atoms with van der Waals surface area (Å²) >= 11 is 0. The summed E-state index contributed by atoms with van der Waals surface area (Å²) in [6.45, 7) is 4.26. The van der Waals surface area contributed by atoms with Crippen molar-refractivity contribution in [2.75, 3.05) is 6.61 Å². The molecular weight excluding hydrogens is 246 g/mol. The van der Waals surface area contributed by atoms with Crippen molar-refractivity contribution < 1.29 is 13.5 Å². The largest absolute Gasteiger partial charge is 0.368 e. The Morgan fingerprint density at radius 3 is 2.63 bits per heavy atom. The van der Waals surface area contributed by atoms with Crippen molar-refractivity contribution in [3.63, 3.8) is 0 Å². The lowest BCUT2D eigenvalue weighted by molar-refractivity contribution is 0.401. The second kappa shape index (κ2) is 4.89. The lowest BCUT2D eigenvalue weighted by Gasteiger charge is -2.20. The Morgan fingerprint density at radius 2 is 2.05 bits per heavy atom. The molecule has 2 atom stereocenters. The van der Waals surface area contributed by atoms with Crippen LogP contribution < -0.4 is 0 Å². The molecule has 2 aliphatic rings. The molecule has 3 rings (SSSR count). The van der Waals surface area contributed by atoms with Crippen molar-refractivity contribution in [3.8, 4) is 0 Å². The van der Waals surface area contributed by atoms with Crippen molar-refractivity contribution >= 4 is 5.57 Å². The Bertz CT molecular complexity index is 544. The predicted molar refractivity (Wildman–Crippen MR) is 70.6 cm³/mol. The minimum absolute atomic E-state index is 0.256. The second-order valence-corrected chi connectivity index (χ2v) is 5.15. The monoisotopic (exact) mass is 262 g/mol. The maximum atomic E-state index is 14.1. The zero-order valence-electron chi connectivity index (χ0n) is 10.7. The van der Waals surface area contributed by atoms with E-state index in [1.807, 2.05) is 12.2 Å². The Labute approximate surface area is 111 Å². The molecule has 1 aromatic carbocycles. The molecule has 0 N–H and O–H groups in total. The molecule has 0 spiro atoms. The zero-order valence-corrected chi connectivity index (χ0v) is 10.7. The summed E-state index contributed by atoms with van der Waals surface area (Å²) in [7, 11) is 0. The molecule has 0 amide bonds. The number of hydrogen-bond donors (Lipinski definition) is 0. The first-order chi connectivity index (χ1) is 9.20. The molecule has 2 unspecified atom stereocenters. The van der Waals surface area contributed by atoms with E-state index in [-0.39, 0.29) is 6.10 Å². The van der Waals surface area contributed by atoms with Crippen LogP contribution in [-0.4, -0.2) is 6.61 Å². The van der Waals surface area contributed by atoms with Gasteiger partial charge in [-0.05, 0) is 30.8 Å². The Kier molecular flexibility index (Phi) is 3.23. The Morgan fingerprint density at radius 1 is 1.26 bits per heavy atom. The van der Waals surface area contributed by atoms with E-state index in [9.17, 15) is 8.78 Å². The van der Waals surface area contributed by atoms with Crippen molar-refractivity contribution in [3.05, 3.63) is 53.6 Å². The minimum Gasteiger partial charge on any atom is -0.368 e. The van der Waals surface area contributed by atoms with Gasteiger partial charge in [-0.1, -0.05) is 24.3 Å². The van der Waals surface area contributed by atoms with Gasteiger partial charge in [-0.3, -0.25) is 0 Å². The first-order valence-electron chi connectivity index (χ1n) is 6.62. The molecule has 0 saturated carbocycles. The molecule has 19 heavy (non-hydrogen) atoms.